The van der Waals surface area contributed by atoms with Crippen LogP contribution in [0.1, 0.15) is 25.7 Å². The van der Waals surface area contributed by atoms with E-state index in [-0.39, 0.29) is 24.9 Å². The van der Waals surface area contributed by atoms with Crippen molar-refractivity contribution >= 4 is 11.8 Å². The highest BCUT2D eigenvalue weighted by molar-refractivity contribution is 5.85. The molecule has 17 heavy (non-hydrogen) atoms. The molecule has 0 aromatic heterocycles. The molecule has 2 saturated carbocycles. The quantitative estimate of drug-likeness (QED) is 0.611. The lowest BCUT2D eigenvalue weighted by Gasteiger charge is -2.21. The average Bonchev–Trinajstić information content (AvgIpc) is 2.95. The van der Waals surface area contributed by atoms with Crippen LogP contribution < -0.4 is 16.4 Å². The number of amides is 2. The largest absolute Gasteiger partial charge is 0.354 e. The zero-order chi connectivity index (χ0) is 12.3. The van der Waals surface area contributed by atoms with Crippen molar-refractivity contribution < 1.29 is 9.59 Å². The summed E-state index contributed by atoms with van der Waals surface area (Å²) in [6, 6.07) is 0. The Morgan fingerprint density at radius 3 is 2.53 bits per heavy atom. The van der Waals surface area contributed by atoms with E-state index in [1.54, 1.807) is 0 Å². The van der Waals surface area contributed by atoms with Gasteiger partial charge in [-0.15, -0.1) is 0 Å². The number of hydrogen-bond acceptors (Lipinski definition) is 3. The lowest BCUT2D eigenvalue weighted by molar-refractivity contribution is -0.125. The molecule has 2 fully saturated rings. The number of carbonyl (C=O) groups is 2. The molecular weight excluding hydrogens is 218 g/mol. The third-order valence-electron chi connectivity index (χ3n) is 4.08. The number of hydrogen-bond donors (Lipinski definition) is 3. The van der Waals surface area contributed by atoms with Crippen molar-refractivity contribution in [1.29, 1.82) is 0 Å². The van der Waals surface area contributed by atoms with E-state index in [9.17, 15) is 9.59 Å². The first-order valence-electron chi connectivity index (χ1n) is 6.42. The summed E-state index contributed by atoms with van der Waals surface area (Å²) in [6.45, 7) is 0.731. The third-order valence-corrected chi connectivity index (χ3v) is 4.08. The molecule has 3 unspecified atom stereocenters. The van der Waals surface area contributed by atoms with Crippen LogP contribution in [0.3, 0.4) is 0 Å². The van der Waals surface area contributed by atoms with E-state index < -0.39 is 0 Å². The number of nitrogens with two attached hydrogens (primary N) is 1. The summed E-state index contributed by atoms with van der Waals surface area (Å²) in [5, 5.41) is 5.36. The monoisotopic (exact) mass is 239 g/mol. The van der Waals surface area contributed by atoms with Crippen molar-refractivity contribution in [3.63, 3.8) is 0 Å². The van der Waals surface area contributed by atoms with Gasteiger partial charge in [0.1, 0.15) is 0 Å². The van der Waals surface area contributed by atoms with Crippen LogP contribution in [0.5, 0.6) is 0 Å². The van der Waals surface area contributed by atoms with Crippen molar-refractivity contribution in [3.05, 3.63) is 0 Å². The molecule has 3 atom stereocenters. The van der Waals surface area contributed by atoms with Crippen LogP contribution in [0.15, 0.2) is 0 Å². The van der Waals surface area contributed by atoms with Crippen LogP contribution in [0.25, 0.3) is 0 Å². The van der Waals surface area contributed by atoms with Gasteiger partial charge in [-0.2, -0.15) is 0 Å². The van der Waals surface area contributed by atoms with Gasteiger partial charge in [-0.05, 0) is 37.0 Å². The van der Waals surface area contributed by atoms with Gasteiger partial charge >= 0.3 is 0 Å². The van der Waals surface area contributed by atoms with E-state index in [2.05, 4.69) is 10.6 Å². The maximum atomic E-state index is 11.5. The zero-order valence-corrected chi connectivity index (χ0v) is 10.1. The summed E-state index contributed by atoms with van der Waals surface area (Å²) in [5.41, 5.74) is 5.13. The van der Waals surface area contributed by atoms with Crippen LogP contribution in [0.2, 0.25) is 0 Å². The summed E-state index contributed by atoms with van der Waals surface area (Å²) < 4.78 is 0. The molecule has 0 aromatic carbocycles. The minimum absolute atomic E-state index is 0.0385. The molecule has 0 spiro atoms. The van der Waals surface area contributed by atoms with E-state index in [0.29, 0.717) is 5.92 Å². The Kier molecular flexibility index (Phi) is 3.99. The molecule has 2 amide bonds. The van der Waals surface area contributed by atoms with E-state index in [1.165, 1.54) is 25.7 Å². The van der Waals surface area contributed by atoms with Gasteiger partial charge in [0.05, 0.1) is 13.1 Å². The molecular formula is C12H21N3O2. The molecule has 0 aliphatic heterocycles. The highest BCUT2D eigenvalue weighted by atomic mass is 16.2. The molecule has 2 bridgehead atoms. The second kappa shape index (κ2) is 5.49. The molecule has 96 valence electrons. The van der Waals surface area contributed by atoms with Crippen molar-refractivity contribution in [2.75, 3.05) is 19.6 Å². The fraction of sp³-hybridized carbons (Fsp3) is 0.833. The minimum atomic E-state index is -0.292. The first kappa shape index (κ1) is 12.4. The first-order valence-corrected chi connectivity index (χ1v) is 6.42. The first-order chi connectivity index (χ1) is 8.19. The normalized spacial score (nSPS) is 30.3. The van der Waals surface area contributed by atoms with Gasteiger partial charge < -0.3 is 16.4 Å². The molecule has 2 aliphatic rings. The molecule has 5 nitrogen and oxygen atoms in total. The zero-order valence-electron chi connectivity index (χ0n) is 10.1. The van der Waals surface area contributed by atoms with Gasteiger partial charge in [0.15, 0.2) is 0 Å². The second-order valence-electron chi connectivity index (χ2n) is 5.22. The van der Waals surface area contributed by atoms with Crippen molar-refractivity contribution in [2.45, 2.75) is 25.7 Å². The predicted octanol–water partition coefficient (Wildman–Crippen LogP) is -0.386. The molecule has 0 radical (unpaired) electrons. The maximum absolute atomic E-state index is 11.5. The fourth-order valence-electron chi connectivity index (χ4n) is 3.18. The van der Waals surface area contributed by atoms with Crippen molar-refractivity contribution in [2.24, 2.45) is 23.5 Å². The van der Waals surface area contributed by atoms with Crippen LogP contribution >= 0.6 is 0 Å². The van der Waals surface area contributed by atoms with Gasteiger partial charge in [-0.1, -0.05) is 6.42 Å². The van der Waals surface area contributed by atoms with Gasteiger partial charge in [0.25, 0.3) is 0 Å². The topological polar surface area (TPSA) is 84.2 Å². The summed E-state index contributed by atoms with van der Waals surface area (Å²) in [4.78, 5) is 22.3. The Hall–Kier alpha value is -1.10. The predicted molar refractivity (Wildman–Crippen MR) is 64.0 cm³/mol. The van der Waals surface area contributed by atoms with E-state index >= 15 is 0 Å². The molecule has 0 aromatic rings. The van der Waals surface area contributed by atoms with Gasteiger partial charge in [-0.25, -0.2) is 0 Å². The van der Waals surface area contributed by atoms with Crippen molar-refractivity contribution in [3.8, 4) is 0 Å². The number of fused-ring (bicyclic) bond motifs is 2. The number of nitrogens with one attached hydrogen (secondary N) is 2. The Morgan fingerprint density at radius 2 is 1.94 bits per heavy atom. The Balaban J connectivity index is 1.61. The molecule has 0 saturated heterocycles. The summed E-state index contributed by atoms with van der Waals surface area (Å²) in [6.07, 6.45) is 5.32. The van der Waals surface area contributed by atoms with Crippen LogP contribution in [0.4, 0.5) is 0 Å². The Morgan fingerprint density at radius 1 is 1.12 bits per heavy atom. The van der Waals surface area contributed by atoms with E-state index in [4.69, 9.17) is 5.73 Å². The van der Waals surface area contributed by atoms with Gasteiger partial charge in [0, 0.05) is 6.54 Å². The fourth-order valence-corrected chi connectivity index (χ4v) is 3.18. The summed E-state index contributed by atoms with van der Waals surface area (Å²) in [7, 11) is 0. The number of carbonyl (C=O) groups excluding carboxylic acids is 2. The third kappa shape index (κ3) is 3.19. The van der Waals surface area contributed by atoms with Gasteiger partial charge in [0.2, 0.25) is 11.8 Å². The van der Waals surface area contributed by atoms with Crippen LogP contribution in [-0.4, -0.2) is 31.4 Å². The summed E-state index contributed by atoms with van der Waals surface area (Å²) >= 11 is 0. The van der Waals surface area contributed by atoms with Crippen LogP contribution in [-0.2, 0) is 9.59 Å². The number of rotatable bonds is 5. The minimum Gasteiger partial charge on any atom is -0.354 e. The standard InChI is InChI=1S/C12H21N3O2/c13-5-11(16)15-7-12(17)14-6-10-4-8-1-2-9(10)3-8/h8-10H,1-7,13H2,(H,14,17)(H,15,16). The van der Waals surface area contributed by atoms with Crippen LogP contribution in [0, 0.1) is 17.8 Å². The SMILES string of the molecule is NCC(=O)NCC(=O)NCC1CC2CCC1C2. The van der Waals surface area contributed by atoms with E-state index in [1.807, 2.05) is 0 Å². The molecule has 0 heterocycles. The highest BCUT2D eigenvalue weighted by Gasteiger charge is 2.39. The molecule has 2 rings (SSSR count). The van der Waals surface area contributed by atoms with Gasteiger partial charge in [-0.3, -0.25) is 9.59 Å². The average molecular weight is 239 g/mol. The Labute approximate surface area is 102 Å². The molecule has 5 heteroatoms. The highest BCUT2D eigenvalue weighted by Crippen LogP contribution is 2.47. The molecule has 4 N–H and O–H groups in total. The Bertz CT molecular complexity index is 306. The smallest absolute Gasteiger partial charge is 0.239 e. The van der Waals surface area contributed by atoms with E-state index in [0.717, 1.165) is 18.4 Å². The van der Waals surface area contributed by atoms with Crippen molar-refractivity contribution in [1.82, 2.24) is 10.6 Å². The summed E-state index contributed by atoms with van der Waals surface area (Å²) in [5.74, 6) is 1.97. The second-order valence-corrected chi connectivity index (χ2v) is 5.22. The lowest BCUT2D eigenvalue weighted by Crippen LogP contribution is -2.41. The lowest BCUT2D eigenvalue weighted by atomic mass is 9.89. The maximum Gasteiger partial charge on any atom is 0.239 e. The molecule has 2 aliphatic carbocycles.